The Balaban J connectivity index is 1.40. The molecule has 2 heterocycles. The molecule has 2 aliphatic heterocycles. The number of benzene rings is 1. The number of hydrogen-bond acceptors (Lipinski definition) is 5. The van der Waals surface area contributed by atoms with Crippen LogP contribution in [0.3, 0.4) is 0 Å². The van der Waals surface area contributed by atoms with E-state index < -0.39 is 12.1 Å². The molecule has 4 amide bonds. The Morgan fingerprint density at radius 1 is 1.29 bits per heavy atom. The average molecular weight is 409 g/mol. The SMILES string of the molecule is O=C(CCC1NC(=O)N(Cc2cccc(Cl)c2)C1=O)NCCN1CCOCC1. The first kappa shape index (κ1) is 20.6. The van der Waals surface area contributed by atoms with Crippen LogP contribution in [0.25, 0.3) is 0 Å². The van der Waals surface area contributed by atoms with Crippen LogP contribution >= 0.6 is 11.6 Å². The van der Waals surface area contributed by atoms with Crippen molar-refractivity contribution in [3.63, 3.8) is 0 Å². The molecule has 8 nitrogen and oxygen atoms in total. The summed E-state index contributed by atoms with van der Waals surface area (Å²) in [5.41, 5.74) is 0.775. The van der Waals surface area contributed by atoms with Crippen molar-refractivity contribution in [2.24, 2.45) is 0 Å². The maximum atomic E-state index is 12.5. The van der Waals surface area contributed by atoms with E-state index in [4.69, 9.17) is 16.3 Å². The molecule has 0 bridgehead atoms. The van der Waals surface area contributed by atoms with Crippen molar-refractivity contribution in [1.82, 2.24) is 20.4 Å². The molecule has 0 radical (unpaired) electrons. The van der Waals surface area contributed by atoms with Gasteiger partial charge >= 0.3 is 6.03 Å². The minimum Gasteiger partial charge on any atom is -0.379 e. The second-order valence-electron chi connectivity index (χ2n) is 6.90. The van der Waals surface area contributed by atoms with E-state index in [1.54, 1.807) is 18.2 Å². The van der Waals surface area contributed by atoms with Gasteiger partial charge in [0.1, 0.15) is 6.04 Å². The Hall–Kier alpha value is -2.16. The molecule has 2 fully saturated rings. The number of ether oxygens (including phenoxy) is 1. The topological polar surface area (TPSA) is 91.0 Å². The maximum absolute atomic E-state index is 12.5. The Morgan fingerprint density at radius 2 is 2.07 bits per heavy atom. The van der Waals surface area contributed by atoms with Crippen molar-refractivity contribution >= 4 is 29.4 Å². The third-order valence-corrected chi connectivity index (χ3v) is 5.09. The van der Waals surface area contributed by atoms with Crippen molar-refractivity contribution in [2.45, 2.75) is 25.4 Å². The molecule has 2 saturated heterocycles. The first-order chi connectivity index (χ1) is 13.5. The summed E-state index contributed by atoms with van der Waals surface area (Å²) in [5.74, 6) is -0.435. The number of halogens is 1. The molecule has 0 aromatic heterocycles. The van der Waals surface area contributed by atoms with Crippen molar-refractivity contribution in [1.29, 1.82) is 0 Å². The molecular formula is C19H25ClN4O4. The molecule has 1 unspecified atom stereocenters. The summed E-state index contributed by atoms with van der Waals surface area (Å²) in [6, 6.07) is 5.92. The first-order valence-electron chi connectivity index (χ1n) is 9.46. The number of amides is 4. The van der Waals surface area contributed by atoms with Crippen LogP contribution in [-0.2, 0) is 20.9 Å². The summed E-state index contributed by atoms with van der Waals surface area (Å²) in [6.07, 6.45) is 0.463. The lowest BCUT2D eigenvalue weighted by molar-refractivity contribution is -0.128. The van der Waals surface area contributed by atoms with E-state index in [0.29, 0.717) is 11.6 Å². The van der Waals surface area contributed by atoms with Gasteiger partial charge in [0.2, 0.25) is 5.91 Å². The van der Waals surface area contributed by atoms with E-state index in [9.17, 15) is 14.4 Å². The lowest BCUT2D eigenvalue weighted by Crippen LogP contribution is -2.41. The van der Waals surface area contributed by atoms with Gasteiger partial charge in [-0.15, -0.1) is 0 Å². The zero-order chi connectivity index (χ0) is 19.9. The molecule has 1 aromatic carbocycles. The fourth-order valence-electron chi connectivity index (χ4n) is 3.28. The number of morpholine rings is 1. The van der Waals surface area contributed by atoms with Crippen LogP contribution in [0.15, 0.2) is 24.3 Å². The van der Waals surface area contributed by atoms with Crippen LogP contribution in [0.4, 0.5) is 4.79 Å². The zero-order valence-corrected chi connectivity index (χ0v) is 16.4. The summed E-state index contributed by atoms with van der Waals surface area (Å²) in [6.45, 7) is 4.70. The molecule has 28 heavy (non-hydrogen) atoms. The number of carbonyl (C=O) groups is 3. The predicted octanol–water partition coefficient (Wildman–Crippen LogP) is 0.989. The highest BCUT2D eigenvalue weighted by atomic mass is 35.5. The Labute approximate surface area is 169 Å². The van der Waals surface area contributed by atoms with Crippen LogP contribution in [0.1, 0.15) is 18.4 Å². The number of urea groups is 1. The smallest absolute Gasteiger partial charge is 0.325 e. The van der Waals surface area contributed by atoms with Crippen LogP contribution in [0.5, 0.6) is 0 Å². The molecule has 9 heteroatoms. The van der Waals surface area contributed by atoms with Gasteiger partial charge in [-0.05, 0) is 24.1 Å². The number of rotatable bonds is 8. The summed E-state index contributed by atoms with van der Waals surface area (Å²) < 4.78 is 5.29. The van der Waals surface area contributed by atoms with Gasteiger partial charge in [-0.25, -0.2) is 4.79 Å². The van der Waals surface area contributed by atoms with E-state index in [1.807, 2.05) is 6.07 Å². The average Bonchev–Trinajstić information content (AvgIpc) is 2.95. The van der Waals surface area contributed by atoms with Gasteiger partial charge < -0.3 is 15.4 Å². The van der Waals surface area contributed by atoms with Crippen LogP contribution < -0.4 is 10.6 Å². The third-order valence-electron chi connectivity index (χ3n) is 4.85. The van der Waals surface area contributed by atoms with Gasteiger partial charge in [-0.2, -0.15) is 0 Å². The lowest BCUT2D eigenvalue weighted by Gasteiger charge is -2.26. The molecule has 3 rings (SSSR count). The highest BCUT2D eigenvalue weighted by Gasteiger charge is 2.37. The number of nitrogens with zero attached hydrogens (tertiary/aromatic N) is 2. The predicted molar refractivity (Wildman–Crippen MR) is 104 cm³/mol. The maximum Gasteiger partial charge on any atom is 0.325 e. The molecule has 1 aromatic rings. The standard InChI is InChI=1S/C19H25ClN4O4/c20-15-3-1-2-14(12-15)13-24-18(26)16(22-19(24)27)4-5-17(25)21-6-7-23-8-10-28-11-9-23/h1-3,12,16H,4-11,13H2,(H,21,25)(H,22,27). The normalized spacial score (nSPS) is 20.3. The lowest BCUT2D eigenvalue weighted by atomic mass is 10.1. The van der Waals surface area contributed by atoms with Gasteiger partial charge in [0.25, 0.3) is 5.91 Å². The quantitative estimate of drug-likeness (QED) is 0.626. The number of nitrogens with one attached hydrogen (secondary N) is 2. The largest absolute Gasteiger partial charge is 0.379 e. The van der Waals surface area contributed by atoms with Gasteiger partial charge in [0, 0.05) is 37.6 Å². The highest BCUT2D eigenvalue weighted by molar-refractivity contribution is 6.30. The van der Waals surface area contributed by atoms with E-state index in [0.717, 1.165) is 43.3 Å². The van der Waals surface area contributed by atoms with Crippen molar-refractivity contribution in [2.75, 3.05) is 39.4 Å². The van der Waals surface area contributed by atoms with Crippen molar-refractivity contribution in [3.05, 3.63) is 34.9 Å². The number of imide groups is 1. The fourth-order valence-corrected chi connectivity index (χ4v) is 3.50. The van der Waals surface area contributed by atoms with E-state index in [1.165, 1.54) is 0 Å². The van der Waals surface area contributed by atoms with Crippen LogP contribution in [0, 0.1) is 0 Å². The van der Waals surface area contributed by atoms with Crippen molar-refractivity contribution < 1.29 is 19.1 Å². The van der Waals surface area contributed by atoms with Crippen LogP contribution in [-0.4, -0.2) is 73.1 Å². The Kier molecular flexibility index (Phi) is 7.24. The molecule has 2 N–H and O–H groups in total. The van der Waals surface area contributed by atoms with Crippen molar-refractivity contribution in [3.8, 4) is 0 Å². The second kappa shape index (κ2) is 9.86. The highest BCUT2D eigenvalue weighted by Crippen LogP contribution is 2.17. The fraction of sp³-hybridized carbons (Fsp3) is 0.526. The number of carbonyl (C=O) groups excluding carboxylic acids is 3. The molecule has 0 aliphatic carbocycles. The Morgan fingerprint density at radius 3 is 2.82 bits per heavy atom. The van der Waals surface area contributed by atoms with Gasteiger partial charge in [0.05, 0.1) is 19.8 Å². The van der Waals surface area contributed by atoms with Crippen LogP contribution in [0.2, 0.25) is 5.02 Å². The molecule has 0 spiro atoms. The molecule has 2 aliphatic rings. The Bertz CT molecular complexity index is 724. The van der Waals surface area contributed by atoms with E-state index >= 15 is 0 Å². The zero-order valence-electron chi connectivity index (χ0n) is 15.7. The summed E-state index contributed by atoms with van der Waals surface area (Å²) >= 11 is 5.95. The third kappa shape index (κ3) is 5.67. The molecule has 152 valence electrons. The summed E-state index contributed by atoms with van der Waals surface area (Å²) in [4.78, 5) is 40.0. The minimum atomic E-state index is -0.670. The summed E-state index contributed by atoms with van der Waals surface area (Å²) in [7, 11) is 0. The molecular weight excluding hydrogens is 384 g/mol. The summed E-state index contributed by atoms with van der Waals surface area (Å²) in [5, 5.41) is 6.07. The van der Waals surface area contributed by atoms with Gasteiger partial charge in [-0.1, -0.05) is 23.7 Å². The minimum absolute atomic E-state index is 0.122. The second-order valence-corrected chi connectivity index (χ2v) is 7.34. The van der Waals surface area contributed by atoms with E-state index in [2.05, 4.69) is 15.5 Å². The van der Waals surface area contributed by atoms with Gasteiger partial charge in [-0.3, -0.25) is 19.4 Å². The number of hydrogen-bond donors (Lipinski definition) is 2. The monoisotopic (exact) mass is 408 g/mol. The van der Waals surface area contributed by atoms with Gasteiger partial charge in [0.15, 0.2) is 0 Å². The first-order valence-corrected chi connectivity index (χ1v) is 9.84. The van der Waals surface area contributed by atoms with E-state index in [-0.39, 0.29) is 31.2 Å². The molecule has 1 atom stereocenters. The molecule has 0 saturated carbocycles.